The lowest BCUT2D eigenvalue weighted by Crippen LogP contribution is -2.30. The summed E-state index contributed by atoms with van der Waals surface area (Å²) in [6.45, 7) is 2.59. The molecule has 0 saturated heterocycles. The summed E-state index contributed by atoms with van der Waals surface area (Å²) in [5.74, 6) is -0.223. The van der Waals surface area contributed by atoms with E-state index in [4.69, 9.17) is 4.74 Å². The molecule has 0 aliphatic heterocycles. The highest BCUT2D eigenvalue weighted by molar-refractivity contribution is 9.10. The van der Waals surface area contributed by atoms with Crippen LogP contribution >= 0.6 is 15.9 Å². The van der Waals surface area contributed by atoms with Gasteiger partial charge in [0.25, 0.3) is 0 Å². The van der Waals surface area contributed by atoms with E-state index in [1.54, 1.807) is 0 Å². The minimum atomic E-state index is -0.490. The SMILES string of the molecule is Cc1ccc(CCC(=O)NCCOC(=O)C2(c3ccc(Br)cc3)CC2)cc1. The van der Waals surface area contributed by atoms with Gasteiger partial charge < -0.3 is 10.1 Å². The van der Waals surface area contributed by atoms with E-state index in [2.05, 4.69) is 21.2 Å². The first kappa shape index (κ1) is 19.6. The van der Waals surface area contributed by atoms with Crippen molar-refractivity contribution < 1.29 is 14.3 Å². The number of hydrogen-bond donors (Lipinski definition) is 1. The fourth-order valence-electron chi connectivity index (χ4n) is 3.08. The quantitative estimate of drug-likeness (QED) is 0.507. The zero-order valence-corrected chi connectivity index (χ0v) is 17.1. The van der Waals surface area contributed by atoms with Gasteiger partial charge in [0.15, 0.2) is 0 Å². The van der Waals surface area contributed by atoms with Crippen LogP contribution in [0.2, 0.25) is 0 Å². The van der Waals surface area contributed by atoms with E-state index in [0.29, 0.717) is 19.4 Å². The molecule has 0 radical (unpaired) electrons. The van der Waals surface area contributed by atoms with Gasteiger partial charge in [-0.25, -0.2) is 0 Å². The van der Waals surface area contributed by atoms with Crippen molar-refractivity contribution in [1.82, 2.24) is 5.32 Å². The van der Waals surface area contributed by atoms with Crippen molar-refractivity contribution in [1.29, 1.82) is 0 Å². The molecule has 3 rings (SSSR count). The standard InChI is InChI=1S/C22H24BrNO3/c1-16-2-4-17(5-3-16)6-11-20(25)24-14-15-27-21(26)22(12-13-22)18-7-9-19(23)10-8-18/h2-5,7-10H,6,11-15H2,1H3,(H,24,25). The van der Waals surface area contributed by atoms with Gasteiger partial charge in [-0.15, -0.1) is 0 Å². The molecular weight excluding hydrogens is 406 g/mol. The lowest BCUT2D eigenvalue weighted by Gasteiger charge is -2.15. The van der Waals surface area contributed by atoms with E-state index in [1.165, 1.54) is 5.56 Å². The van der Waals surface area contributed by atoms with Crippen LogP contribution in [0.4, 0.5) is 0 Å². The average Bonchev–Trinajstić information content (AvgIpc) is 3.47. The second-order valence-electron chi connectivity index (χ2n) is 7.06. The summed E-state index contributed by atoms with van der Waals surface area (Å²) < 4.78 is 6.40. The largest absolute Gasteiger partial charge is 0.463 e. The molecule has 0 aromatic heterocycles. The molecular formula is C22H24BrNO3. The van der Waals surface area contributed by atoms with E-state index in [-0.39, 0.29) is 18.5 Å². The van der Waals surface area contributed by atoms with Crippen LogP contribution in [-0.4, -0.2) is 25.0 Å². The van der Waals surface area contributed by atoms with Gasteiger partial charge in [-0.2, -0.15) is 0 Å². The number of halogens is 1. The number of carbonyl (C=O) groups is 2. The van der Waals surface area contributed by atoms with Gasteiger partial charge in [0.2, 0.25) is 5.91 Å². The van der Waals surface area contributed by atoms with Crippen LogP contribution in [0.15, 0.2) is 53.0 Å². The molecule has 1 aliphatic rings. The van der Waals surface area contributed by atoms with Gasteiger partial charge in [-0.1, -0.05) is 57.9 Å². The molecule has 1 fully saturated rings. The highest BCUT2D eigenvalue weighted by Gasteiger charge is 2.52. The average molecular weight is 430 g/mol. The first-order valence-electron chi connectivity index (χ1n) is 9.25. The molecule has 5 heteroatoms. The molecule has 1 N–H and O–H groups in total. The summed E-state index contributed by atoms with van der Waals surface area (Å²) in [4.78, 5) is 24.4. The third-order valence-corrected chi connectivity index (χ3v) is 5.48. The highest BCUT2D eigenvalue weighted by atomic mass is 79.9. The molecule has 4 nitrogen and oxygen atoms in total. The predicted molar refractivity (Wildman–Crippen MR) is 109 cm³/mol. The second-order valence-corrected chi connectivity index (χ2v) is 7.98. The number of aryl methyl sites for hydroxylation is 2. The van der Waals surface area contributed by atoms with Crippen LogP contribution in [0.3, 0.4) is 0 Å². The van der Waals surface area contributed by atoms with Gasteiger partial charge in [0, 0.05) is 10.9 Å². The van der Waals surface area contributed by atoms with E-state index in [9.17, 15) is 9.59 Å². The summed E-state index contributed by atoms with van der Waals surface area (Å²) in [6, 6.07) is 16.0. The molecule has 0 unspecified atom stereocenters. The number of ether oxygens (including phenoxy) is 1. The van der Waals surface area contributed by atoms with Crippen LogP contribution in [-0.2, 0) is 26.2 Å². The molecule has 1 aliphatic carbocycles. The Labute approximate surface area is 168 Å². The smallest absolute Gasteiger partial charge is 0.316 e. The first-order chi connectivity index (χ1) is 13.0. The zero-order valence-electron chi connectivity index (χ0n) is 15.5. The van der Waals surface area contributed by atoms with Crippen LogP contribution in [0, 0.1) is 6.92 Å². The minimum Gasteiger partial charge on any atom is -0.463 e. The minimum absolute atomic E-state index is 0.0272. The number of rotatable bonds is 8. The van der Waals surface area contributed by atoms with Crippen molar-refractivity contribution in [3.63, 3.8) is 0 Å². The molecule has 1 amide bonds. The molecule has 0 spiro atoms. The van der Waals surface area contributed by atoms with Crippen molar-refractivity contribution in [3.8, 4) is 0 Å². The normalized spacial score (nSPS) is 14.4. The zero-order chi connectivity index (χ0) is 19.3. The van der Waals surface area contributed by atoms with E-state index < -0.39 is 5.41 Å². The van der Waals surface area contributed by atoms with Crippen LogP contribution in [0.5, 0.6) is 0 Å². The van der Waals surface area contributed by atoms with E-state index in [0.717, 1.165) is 28.4 Å². The monoisotopic (exact) mass is 429 g/mol. The molecule has 2 aromatic carbocycles. The molecule has 0 atom stereocenters. The number of amides is 1. The Kier molecular flexibility index (Phi) is 6.32. The molecule has 0 heterocycles. The maximum atomic E-state index is 12.4. The third kappa shape index (κ3) is 5.19. The Balaban J connectivity index is 1.37. The number of carbonyl (C=O) groups excluding carboxylic acids is 2. The Morgan fingerprint density at radius 2 is 1.74 bits per heavy atom. The summed E-state index contributed by atoms with van der Waals surface area (Å²) >= 11 is 3.41. The predicted octanol–water partition coefficient (Wildman–Crippen LogP) is 4.08. The first-order valence-corrected chi connectivity index (χ1v) is 10.0. The Bertz CT molecular complexity index is 795. The van der Waals surface area contributed by atoms with Gasteiger partial charge in [0.1, 0.15) is 6.61 Å². The molecule has 2 aromatic rings. The number of hydrogen-bond acceptors (Lipinski definition) is 3. The van der Waals surface area contributed by atoms with Crippen molar-refractivity contribution in [2.45, 2.75) is 38.0 Å². The summed E-state index contributed by atoms with van der Waals surface area (Å²) in [6.07, 6.45) is 2.77. The van der Waals surface area contributed by atoms with Crippen LogP contribution in [0.25, 0.3) is 0 Å². The van der Waals surface area contributed by atoms with E-state index >= 15 is 0 Å². The topological polar surface area (TPSA) is 55.4 Å². The number of esters is 1. The van der Waals surface area contributed by atoms with Gasteiger partial charge in [0.05, 0.1) is 12.0 Å². The van der Waals surface area contributed by atoms with Gasteiger partial charge in [-0.05, 0) is 49.4 Å². The van der Waals surface area contributed by atoms with Crippen molar-refractivity contribution in [3.05, 3.63) is 69.7 Å². The summed E-state index contributed by atoms with van der Waals surface area (Å²) in [7, 11) is 0. The molecule has 142 valence electrons. The molecule has 0 bridgehead atoms. The number of benzene rings is 2. The maximum absolute atomic E-state index is 12.4. The number of nitrogens with one attached hydrogen (secondary N) is 1. The van der Waals surface area contributed by atoms with Crippen molar-refractivity contribution >= 4 is 27.8 Å². The lowest BCUT2D eigenvalue weighted by atomic mass is 9.96. The fourth-order valence-corrected chi connectivity index (χ4v) is 3.34. The molecule has 1 saturated carbocycles. The van der Waals surface area contributed by atoms with Gasteiger partial charge in [-0.3, -0.25) is 9.59 Å². The molecule has 27 heavy (non-hydrogen) atoms. The summed E-state index contributed by atoms with van der Waals surface area (Å²) in [5, 5.41) is 2.82. The van der Waals surface area contributed by atoms with Crippen molar-refractivity contribution in [2.75, 3.05) is 13.2 Å². The summed E-state index contributed by atoms with van der Waals surface area (Å²) in [5.41, 5.74) is 2.86. The third-order valence-electron chi connectivity index (χ3n) is 4.96. The van der Waals surface area contributed by atoms with E-state index in [1.807, 2.05) is 55.5 Å². The van der Waals surface area contributed by atoms with Crippen molar-refractivity contribution in [2.24, 2.45) is 0 Å². The van der Waals surface area contributed by atoms with Crippen LogP contribution in [0.1, 0.15) is 36.0 Å². The van der Waals surface area contributed by atoms with Crippen LogP contribution < -0.4 is 5.32 Å². The van der Waals surface area contributed by atoms with Gasteiger partial charge >= 0.3 is 5.97 Å². The highest BCUT2D eigenvalue weighted by Crippen LogP contribution is 2.49. The Morgan fingerprint density at radius 3 is 2.37 bits per heavy atom. The lowest BCUT2D eigenvalue weighted by molar-refractivity contribution is -0.147. The Morgan fingerprint density at radius 1 is 1.07 bits per heavy atom. The Hall–Kier alpha value is -2.14. The second kappa shape index (κ2) is 8.70. The maximum Gasteiger partial charge on any atom is 0.316 e. The fraction of sp³-hybridized carbons (Fsp3) is 0.364.